The van der Waals surface area contributed by atoms with Crippen LogP contribution < -0.4 is 5.32 Å². The molecule has 0 spiro atoms. The number of hydrogen-bond acceptors (Lipinski definition) is 4. The quantitative estimate of drug-likeness (QED) is 0.617. The monoisotopic (exact) mass is 286 g/mol. The fraction of sp³-hybridized carbons (Fsp3) is 0.857. The first-order chi connectivity index (χ1) is 9.40. The molecule has 0 radical (unpaired) electrons. The number of aliphatic carboxylic acids is 2. The lowest BCUT2D eigenvalue weighted by Gasteiger charge is -2.40. The van der Waals surface area contributed by atoms with E-state index in [1.165, 1.54) is 0 Å². The Hall–Kier alpha value is -1.14. The Kier molecular flexibility index (Phi) is 6.95. The van der Waals surface area contributed by atoms with Gasteiger partial charge in [0.15, 0.2) is 0 Å². The normalized spacial score (nSPS) is 23.2. The predicted octanol–water partition coefficient (Wildman–Crippen LogP) is 1.01. The summed E-state index contributed by atoms with van der Waals surface area (Å²) in [5.74, 6) is -1.31. The minimum atomic E-state index is -0.872. The van der Waals surface area contributed by atoms with Crippen molar-refractivity contribution < 1.29 is 19.8 Å². The molecule has 2 unspecified atom stereocenters. The molecule has 1 saturated carbocycles. The highest BCUT2D eigenvalue weighted by Crippen LogP contribution is 2.24. The van der Waals surface area contributed by atoms with E-state index in [1.54, 1.807) is 0 Å². The maximum Gasteiger partial charge on any atom is 0.317 e. The lowest BCUT2D eigenvalue weighted by atomic mass is 9.88. The van der Waals surface area contributed by atoms with E-state index in [-0.39, 0.29) is 25.2 Å². The second-order valence-corrected chi connectivity index (χ2v) is 5.95. The first kappa shape index (κ1) is 16.9. The summed E-state index contributed by atoms with van der Waals surface area (Å²) in [6, 6.07) is 0.180. The van der Waals surface area contributed by atoms with Gasteiger partial charge in [-0.1, -0.05) is 26.7 Å². The molecule has 1 aliphatic carbocycles. The van der Waals surface area contributed by atoms with E-state index in [2.05, 4.69) is 19.2 Å². The van der Waals surface area contributed by atoms with Crippen molar-refractivity contribution in [3.05, 3.63) is 0 Å². The molecule has 0 aromatic carbocycles. The summed E-state index contributed by atoms with van der Waals surface area (Å²) in [6.45, 7) is 4.81. The third-order valence-corrected chi connectivity index (χ3v) is 3.65. The van der Waals surface area contributed by atoms with Crippen LogP contribution in [0.3, 0.4) is 0 Å². The number of carbonyl (C=O) groups is 2. The van der Waals surface area contributed by atoms with Gasteiger partial charge in [-0.2, -0.15) is 0 Å². The second kappa shape index (κ2) is 8.21. The van der Waals surface area contributed by atoms with Crippen LogP contribution in [-0.4, -0.2) is 58.8 Å². The standard InChI is InChI=1S/C14H26N2O4/c1-10(2)8-16(9-14(19)20)12-6-4-3-5-11(12)15-7-13(17)18/h10-12,15H,3-9H2,1-2H3,(H,17,18)(H,19,20). The molecule has 1 aliphatic rings. The summed E-state index contributed by atoms with van der Waals surface area (Å²) >= 11 is 0. The third-order valence-electron chi connectivity index (χ3n) is 3.65. The van der Waals surface area contributed by atoms with Crippen molar-refractivity contribution in [2.45, 2.75) is 51.6 Å². The molecule has 2 atom stereocenters. The number of carboxylic acid groups (broad SMARTS) is 2. The van der Waals surface area contributed by atoms with Crippen molar-refractivity contribution in [1.82, 2.24) is 10.2 Å². The zero-order valence-corrected chi connectivity index (χ0v) is 12.3. The van der Waals surface area contributed by atoms with E-state index < -0.39 is 11.9 Å². The molecule has 0 heterocycles. The van der Waals surface area contributed by atoms with Gasteiger partial charge < -0.3 is 15.5 Å². The molecule has 1 fully saturated rings. The third kappa shape index (κ3) is 5.88. The van der Waals surface area contributed by atoms with Crippen LogP contribution in [0.25, 0.3) is 0 Å². The van der Waals surface area contributed by atoms with Crippen LogP contribution in [0.5, 0.6) is 0 Å². The Morgan fingerprint density at radius 1 is 1.20 bits per heavy atom. The SMILES string of the molecule is CC(C)CN(CC(=O)O)C1CCCCC1NCC(=O)O. The van der Waals surface area contributed by atoms with Gasteiger partial charge in [0.2, 0.25) is 0 Å². The molecular weight excluding hydrogens is 260 g/mol. The largest absolute Gasteiger partial charge is 0.480 e. The van der Waals surface area contributed by atoms with Crippen molar-refractivity contribution >= 4 is 11.9 Å². The summed E-state index contributed by atoms with van der Waals surface area (Å²) in [7, 11) is 0. The van der Waals surface area contributed by atoms with E-state index in [0.717, 1.165) is 32.2 Å². The Balaban J connectivity index is 2.71. The van der Waals surface area contributed by atoms with Gasteiger partial charge in [-0.05, 0) is 18.8 Å². The van der Waals surface area contributed by atoms with Crippen LogP contribution in [0, 0.1) is 5.92 Å². The average molecular weight is 286 g/mol. The van der Waals surface area contributed by atoms with Gasteiger partial charge in [0.25, 0.3) is 0 Å². The van der Waals surface area contributed by atoms with Crippen LogP contribution in [0.2, 0.25) is 0 Å². The molecule has 0 amide bonds. The fourth-order valence-corrected chi connectivity index (χ4v) is 2.96. The summed E-state index contributed by atoms with van der Waals surface area (Å²) in [5.41, 5.74) is 0. The minimum absolute atomic E-state index is 0.0219. The molecular formula is C14H26N2O4. The molecule has 1 rings (SSSR count). The highest BCUT2D eigenvalue weighted by Gasteiger charge is 2.31. The summed E-state index contributed by atoms with van der Waals surface area (Å²) in [6.07, 6.45) is 3.98. The fourth-order valence-electron chi connectivity index (χ4n) is 2.96. The number of nitrogens with zero attached hydrogens (tertiary/aromatic N) is 1. The van der Waals surface area contributed by atoms with Crippen molar-refractivity contribution in [2.75, 3.05) is 19.6 Å². The average Bonchev–Trinajstić information content (AvgIpc) is 2.34. The van der Waals surface area contributed by atoms with Gasteiger partial charge in [0.1, 0.15) is 0 Å². The molecule has 20 heavy (non-hydrogen) atoms. The van der Waals surface area contributed by atoms with Gasteiger partial charge in [-0.3, -0.25) is 14.5 Å². The lowest BCUT2D eigenvalue weighted by molar-refractivity contribution is -0.140. The molecule has 0 aromatic heterocycles. The van der Waals surface area contributed by atoms with Crippen LogP contribution in [0.15, 0.2) is 0 Å². The molecule has 0 aromatic rings. The van der Waals surface area contributed by atoms with Crippen molar-refractivity contribution in [1.29, 1.82) is 0 Å². The summed E-state index contributed by atoms with van der Waals surface area (Å²) in [4.78, 5) is 23.7. The van der Waals surface area contributed by atoms with E-state index in [9.17, 15) is 9.59 Å². The topological polar surface area (TPSA) is 89.9 Å². The van der Waals surface area contributed by atoms with Crippen LogP contribution >= 0.6 is 0 Å². The van der Waals surface area contributed by atoms with E-state index in [4.69, 9.17) is 10.2 Å². The maximum absolute atomic E-state index is 11.1. The van der Waals surface area contributed by atoms with Crippen LogP contribution in [-0.2, 0) is 9.59 Å². The Morgan fingerprint density at radius 3 is 2.40 bits per heavy atom. The molecule has 3 N–H and O–H groups in total. The summed E-state index contributed by atoms with van der Waals surface area (Å²) < 4.78 is 0. The van der Waals surface area contributed by atoms with Crippen LogP contribution in [0.1, 0.15) is 39.5 Å². The Labute approximate surface area is 120 Å². The Morgan fingerprint density at radius 2 is 1.85 bits per heavy atom. The number of hydrogen-bond donors (Lipinski definition) is 3. The molecule has 6 nitrogen and oxygen atoms in total. The van der Waals surface area contributed by atoms with Crippen LogP contribution in [0.4, 0.5) is 0 Å². The number of carboxylic acids is 2. The van der Waals surface area contributed by atoms with Crippen molar-refractivity contribution in [2.24, 2.45) is 5.92 Å². The molecule has 6 heteroatoms. The van der Waals surface area contributed by atoms with Gasteiger partial charge in [0.05, 0.1) is 13.1 Å². The molecule has 116 valence electrons. The van der Waals surface area contributed by atoms with E-state index >= 15 is 0 Å². The second-order valence-electron chi connectivity index (χ2n) is 5.95. The highest BCUT2D eigenvalue weighted by molar-refractivity contribution is 5.69. The lowest BCUT2D eigenvalue weighted by Crippen LogP contribution is -2.54. The van der Waals surface area contributed by atoms with Crippen molar-refractivity contribution in [3.8, 4) is 0 Å². The first-order valence-corrected chi connectivity index (χ1v) is 7.31. The predicted molar refractivity (Wildman–Crippen MR) is 75.7 cm³/mol. The van der Waals surface area contributed by atoms with Gasteiger partial charge in [-0.25, -0.2) is 0 Å². The maximum atomic E-state index is 11.1. The molecule has 0 saturated heterocycles. The van der Waals surface area contributed by atoms with Gasteiger partial charge in [-0.15, -0.1) is 0 Å². The Bertz CT molecular complexity index is 333. The van der Waals surface area contributed by atoms with Crippen molar-refractivity contribution in [3.63, 3.8) is 0 Å². The van der Waals surface area contributed by atoms with E-state index in [1.807, 2.05) is 4.90 Å². The number of nitrogens with one attached hydrogen (secondary N) is 1. The highest BCUT2D eigenvalue weighted by atomic mass is 16.4. The van der Waals surface area contributed by atoms with Gasteiger partial charge in [0, 0.05) is 18.6 Å². The van der Waals surface area contributed by atoms with E-state index in [0.29, 0.717) is 5.92 Å². The summed E-state index contributed by atoms with van der Waals surface area (Å²) in [5, 5.41) is 20.9. The first-order valence-electron chi connectivity index (χ1n) is 7.31. The molecule has 0 bridgehead atoms. The minimum Gasteiger partial charge on any atom is -0.480 e. The zero-order valence-electron chi connectivity index (χ0n) is 12.3. The molecule has 0 aliphatic heterocycles. The number of rotatable bonds is 8. The zero-order chi connectivity index (χ0) is 15.1. The smallest absolute Gasteiger partial charge is 0.317 e. The van der Waals surface area contributed by atoms with Gasteiger partial charge >= 0.3 is 11.9 Å².